The summed E-state index contributed by atoms with van der Waals surface area (Å²) in [6.45, 7) is 0. The lowest BCUT2D eigenvalue weighted by molar-refractivity contribution is 0.102. The van der Waals surface area contributed by atoms with E-state index in [0.29, 0.717) is 5.69 Å². The van der Waals surface area contributed by atoms with E-state index in [1.165, 1.54) is 0 Å². The SMILES string of the molecule is O=C(Nc1ccc2nc[nH]c2c1)c1ccc[nH]1. The van der Waals surface area contributed by atoms with Crippen LogP contribution in [0.1, 0.15) is 10.5 Å². The van der Waals surface area contributed by atoms with Crippen LogP contribution in [0.4, 0.5) is 5.69 Å². The first-order valence-electron chi connectivity index (χ1n) is 5.21. The molecule has 5 heteroatoms. The van der Waals surface area contributed by atoms with E-state index in [1.54, 1.807) is 24.7 Å². The fourth-order valence-corrected chi connectivity index (χ4v) is 1.68. The van der Waals surface area contributed by atoms with Gasteiger partial charge in [0, 0.05) is 11.9 Å². The quantitative estimate of drug-likeness (QED) is 0.626. The van der Waals surface area contributed by atoms with Crippen molar-refractivity contribution < 1.29 is 4.79 Å². The van der Waals surface area contributed by atoms with Crippen molar-refractivity contribution in [1.82, 2.24) is 15.0 Å². The Morgan fingerprint density at radius 1 is 1.24 bits per heavy atom. The Bertz CT molecular complexity index is 654. The number of aromatic amines is 2. The number of nitrogens with zero attached hydrogens (tertiary/aromatic N) is 1. The number of carbonyl (C=O) groups excluding carboxylic acids is 1. The minimum Gasteiger partial charge on any atom is -0.357 e. The monoisotopic (exact) mass is 226 g/mol. The van der Waals surface area contributed by atoms with Crippen LogP contribution in [0.3, 0.4) is 0 Å². The Morgan fingerprint density at radius 2 is 2.18 bits per heavy atom. The second-order valence-corrected chi connectivity index (χ2v) is 3.67. The highest BCUT2D eigenvalue weighted by molar-refractivity contribution is 6.03. The molecule has 0 radical (unpaired) electrons. The van der Waals surface area contributed by atoms with Gasteiger partial charge in [-0.2, -0.15) is 0 Å². The molecular formula is C12H10N4O. The lowest BCUT2D eigenvalue weighted by Crippen LogP contribution is -2.11. The van der Waals surface area contributed by atoms with Gasteiger partial charge in [0.15, 0.2) is 0 Å². The predicted molar refractivity (Wildman–Crippen MR) is 64.8 cm³/mol. The molecule has 3 rings (SSSR count). The number of rotatable bonds is 2. The van der Waals surface area contributed by atoms with E-state index in [4.69, 9.17) is 0 Å². The van der Waals surface area contributed by atoms with Crippen LogP contribution in [0.25, 0.3) is 11.0 Å². The molecule has 17 heavy (non-hydrogen) atoms. The molecule has 1 amide bonds. The van der Waals surface area contributed by atoms with Crippen molar-refractivity contribution in [2.45, 2.75) is 0 Å². The summed E-state index contributed by atoms with van der Waals surface area (Å²) < 4.78 is 0. The molecule has 0 aliphatic heterocycles. The normalized spacial score (nSPS) is 10.6. The minimum atomic E-state index is -0.158. The van der Waals surface area contributed by atoms with Crippen LogP contribution in [0.2, 0.25) is 0 Å². The molecule has 0 unspecified atom stereocenters. The lowest BCUT2D eigenvalue weighted by Gasteiger charge is -2.03. The predicted octanol–water partition coefficient (Wildman–Crippen LogP) is 2.14. The molecule has 5 nitrogen and oxygen atoms in total. The molecule has 2 aromatic heterocycles. The highest BCUT2D eigenvalue weighted by Gasteiger charge is 2.06. The number of nitrogens with one attached hydrogen (secondary N) is 3. The van der Waals surface area contributed by atoms with Gasteiger partial charge in [-0.05, 0) is 30.3 Å². The van der Waals surface area contributed by atoms with E-state index < -0.39 is 0 Å². The first-order chi connectivity index (χ1) is 8.33. The fraction of sp³-hybridized carbons (Fsp3) is 0. The Balaban J connectivity index is 1.87. The zero-order valence-corrected chi connectivity index (χ0v) is 8.90. The van der Waals surface area contributed by atoms with Crippen LogP contribution >= 0.6 is 0 Å². The van der Waals surface area contributed by atoms with Crippen molar-refractivity contribution in [3.05, 3.63) is 48.5 Å². The maximum absolute atomic E-state index is 11.8. The number of benzene rings is 1. The summed E-state index contributed by atoms with van der Waals surface area (Å²) in [6.07, 6.45) is 3.34. The number of hydrogen-bond acceptors (Lipinski definition) is 2. The van der Waals surface area contributed by atoms with Gasteiger partial charge in [-0.25, -0.2) is 4.98 Å². The molecule has 0 atom stereocenters. The number of imidazole rings is 1. The summed E-state index contributed by atoms with van der Waals surface area (Å²) in [5.41, 5.74) is 3.05. The van der Waals surface area contributed by atoms with Gasteiger partial charge in [0.05, 0.1) is 17.4 Å². The number of carbonyl (C=O) groups is 1. The molecule has 1 aromatic carbocycles. The van der Waals surface area contributed by atoms with E-state index in [1.807, 2.05) is 18.2 Å². The smallest absolute Gasteiger partial charge is 0.272 e. The van der Waals surface area contributed by atoms with Crippen LogP contribution in [0, 0.1) is 0 Å². The van der Waals surface area contributed by atoms with Gasteiger partial charge in [-0.1, -0.05) is 0 Å². The standard InChI is InChI=1S/C12H10N4O/c17-12(10-2-1-5-13-10)16-8-3-4-9-11(6-8)15-7-14-9/h1-7,13H,(H,14,15)(H,16,17). The molecule has 0 fully saturated rings. The van der Waals surface area contributed by atoms with Gasteiger partial charge in [0.1, 0.15) is 5.69 Å². The van der Waals surface area contributed by atoms with Gasteiger partial charge < -0.3 is 15.3 Å². The van der Waals surface area contributed by atoms with Crippen molar-refractivity contribution in [2.24, 2.45) is 0 Å². The summed E-state index contributed by atoms with van der Waals surface area (Å²) in [5, 5.41) is 2.81. The fourth-order valence-electron chi connectivity index (χ4n) is 1.68. The molecule has 84 valence electrons. The third-order valence-corrected chi connectivity index (χ3v) is 2.52. The van der Waals surface area contributed by atoms with Crippen LogP contribution < -0.4 is 5.32 Å². The Kier molecular flexibility index (Phi) is 2.15. The summed E-state index contributed by atoms with van der Waals surface area (Å²) >= 11 is 0. The first kappa shape index (κ1) is 9.65. The van der Waals surface area contributed by atoms with Crippen molar-refractivity contribution in [3.63, 3.8) is 0 Å². The molecule has 0 spiro atoms. The van der Waals surface area contributed by atoms with Gasteiger partial charge in [-0.15, -0.1) is 0 Å². The van der Waals surface area contributed by atoms with Crippen molar-refractivity contribution in [2.75, 3.05) is 5.32 Å². The molecule has 0 saturated heterocycles. The minimum absolute atomic E-state index is 0.158. The summed E-state index contributed by atoms with van der Waals surface area (Å²) in [6, 6.07) is 9.04. The third kappa shape index (κ3) is 1.78. The number of fused-ring (bicyclic) bond motifs is 1. The van der Waals surface area contributed by atoms with Crippen molar-refractivity contribution >= 4 is 22.6 Å². The molecule has 0 aliphatic carbocycles. The summed E-state index contributed by atoms with van der Waals surface area (Å²) in [5.74, 6) is -0.158. The molecule has 0 aliphatic rings. The zero-order chi connectivity index (χ0) is 11.7. The average molecular weight is 226 g/mol. The molecule has 0 bridgehead atoms. The van der Waals surface area contributed by atoms with Crippen LogP contribution in [-0.2, 0) is 0 Å². The second kappa shape index (κ2) is 3.79. The highest BCUT2D eigenvalue weighted by atomic mass is 16.1. The van der Waals surface area contributed by atoms with Gasteiger partial charge in [0.25, 0.3) is 5.91 Å². The summed E-state index contributed by atoms with van der Waals surface area (Å²) in [7, 11) is 0. The molecule has 2 heterocycles. The second-order valence-electron chi connectivity index (χ2n) is 3.67. The Hall–Kier alpha value is -2.56. The average Bonchev–Trinajstić information content (AvgIpc) is 2.99. The van der Waals surface area contributed by atoms with E-state index in [2.05, 4.69) is 20.3 Å². The van der Waals surface area contributed by atoms with Crippen LogP contribution in [0.15, 0.2) is 42.9 Å². The maximum Gasteiger partial charge on any atom is 0.272 e. The van der Waals surface area contributed by atoms with Gasteiger partial charge in [-0.3, -0.25) is 4.79 Å². The number of aromatic nitrogens is 3. The topological polar surface area (TPSA) is 73.6 Å². The van der Waals surface area contributed by atoms with Crippen LogP contribution in [-0.4, -0.2) is 20.9 Å². The summed E-state index contributed by atoms with van der Waals surface area (Å²) in [4.78, 5) is 21.8. The number of hydrogen-bond donors (Lipinski definition) is 3. The van der Waals surface area contributed by atoms with E-state index in [9.17, 15) is 4.79 Å². The number of anilines is 1. The highest BCUT2D eigenvalue weighted by Crippen LogP contribution is 2.16. The zero-order valence-electron chi connectivity index (χ0n) is 8.90. The molecular weight excluding hydrogens is 216 g/mol. The molecule has 3 N–H and O–H groups in total. The van der Waals surface area contributed by atoms with E-state index in [0.717, 1.165) is 16.7 Å². The largest absolute Gasteiger partial charge is 0.357 e. The Morgan fingerprint density at radius 3 is 3.00 bits per heavy atom. The van der Waals surface area contributed by atoms with Gasteiger partial charge in [0.2, 0.25) is 0 Å². The van der Waals surface area contributed by atoms with E-state index in [-0.39, 0.29) is 5.91 Å². The molecule has 3 aromatic rings. The van der Waals surface area contributed by atoms with Crippen molar-refractivity contribution in [1.29, 1.82) is 0 Å². The number of amides is 1. The number of H-pyrrole nitrogens is 2. The maximum atomic E-state index is 11.8. The third-order valence-electron chi connectivity index (χ3n) is 2.52. The molecule has 0 saturated carbocycles. The lowest BCUT2D eigenvalue weighted by atomic mass is 10.2. The van der Waals surface area contributed by atoms with E-state index >= 15 is 0 Å². The van der Waals surface area contributed by atoms with Gasteiger partial charge >= 0.3 is 0 Å². The Labute approximate surface area is 96.9 Å². The first-order valence-corrected chi connectivity index (χ1v) is 5.21. The van der Waals surface area contributed by atoms with Crippen molar-refractivity contribution in [3.8, 4) is 0 Å². The van der Waals surface area contributed by atoms with Crippen LogP contribution in [0.5, 0.6) is 0 Å².